The molecule has 2 atom stereocenters. The van der Waals surface area contributed by atoms with E-state index in [0.717, 1.165) is 11.4 Å². The largest absolute Gasteiger partial charge is 0.464 e. The second kappa shape index (κ2) is 7.58. The molecule has 0 aromatic carbocycles. The molecule has 0 aromatic heterocycles. The first-order valence-electron chi connectivity index (χ1n) is 4.85. The number of ether oxygens (including phenoxy) is 1. The number of esters is 1. The third-order valence-electron chi connectivity index (χ3n) is 1.71. The lowest BCUT2D eigenvalue weighted by atomic mass is 10.3. The molecular weight excluding hydrogens is 267 g/mol. The van der Waals surface area contributed by atoms with E-state index in [4.69, 9.17) is 4.74 Å². The van der Waals surface area contributed by atoms with Gasteiger partial charge in [-0.05, 0) is 20.1 Å². The highest BCUT2D eigenvalue weighted by molar-refractivity contribution is 8.55. The summed E-state index contributed by atoms with van der Waals surface area (Å²) in [5.41, 5.74) is 0. The van der Waals surface area contributed by atoms with Crippen LogP contribution < -0.4 is 10.4 Å². The Hall–Kier alpha value is -0.720. The lowest BCUT2D eigenvalue weighted by Gasteiger charge is -2.17. The molecule has 2 amide bonds. The predicted octanol–water partition coefficient (Wildman–Crippen LogP) is 1.35. The van der Waals surface area contributed by atoms with Crippen LogP contribution in [-0.2, 0) is 18.6 Å². The summed E-state index contributed by atoms with van der Waals surface area (Å²) in [6, 6.07) is -1.56. The highest BCUT2D eigenvalue weighted by atomic mass is 32.7. The summed E-state index contributed by atoms with van der Waals surface area (Å²) in [5, 5.41) is 4.46. The van der Waals surface area contributed by atoms with Crippen molar-refractivity contribution in [3.8, 4) is 0 Å². The van der Waals surface area contributed by atoms with Gasteiger partial charge in [0.25, 0.3) is 0 Å². The van der Waals surface area contributed by atoms with E-state index >= 15 is 0 Å². The summed E-state index contributed by atoms with van der Waals surface area (Å²) in [4.78, 5) is 22.6. The van der Waals surface area contributed by atoms with E-state index in [1.54, 1.807) is 13.2 Å². The highest BCUT2D eigenvalue weighted by Gasteiger charge is 2.25. The molecule has 17 heavy (non-hydrogen) atoms. The number of hydrogen-bond donors (Lipinski definition) is 2. The second-order valence-corrected chi connectivity index (χ2v) is 7.41. The van der Waals surface area contributed by atoms with E-state index in [9.17, 15) is 14.2 Å². The fourth-order valence-electron chi connectivity index (χ4n) is 0.845. The van der Waals surface area contributed by atoms with Crippen molar-refractivity contribution in [2.45, 2.75) is 19.9 Å². The lowest BCUT2D eigenvalue weighted by Crippen LogP contribution is -2.43. The maximum Gasteiger partial charge on any atom is 0.354 e. The lowest BCUT2D eigenvalue weighted by molar-refractivity contribution is -0.144. The molecule has 7 nitrogen and oxygen atoms in total. The first-order valence-corrected chi connectivity index (χ1v) is 8.31. The number of carbonyl (C=O) groups excluding carboxylic acids is 2. The standard InChI is InChI=1S/C8H17N2O5PS/c1-5-15-7(11)6(2)9-8(12)10-16(13,14-3)17-4/h6H,5H2,1-4H3,(H2,9,10,12,13)/t6-,16?/m0/s1. The van der Waals surface area contributed by atoms with E-state index in [0.29, 0.717) is 0 Å². The predicted molar refractivity (Wildman–Crippen MR) is 65.9 cm³/mol. The Morgan fingerprint density at radius 3 is 2.47 bits per heavy atom. The number of amides is 2. The zero-order chi connectivity index (χ0) is 13.5. The van der Waals surface area contributed by atoms with Crippen molar-refractivity contribution in [1.82, 2.24) is 10.4 Å². The minimum absolute atomic E-state index is 0.230. The normalized spacial score (nSPS) is 15.5. The molecule has 0 aromatic rings. The van der Waals surface area contributed by atoms with Crippen LogP contribution in [0.3, 0.4) is 0 Å². The SMILES string of the molecule is CCOC(=O)[C@H](C)NC(=O)NP(=O)(OC)SC. The molecule has 1 unspecified atom stereocenters. The maximum absolute atomic E-state index is 11.7. The smallest absolute Gasteiger partial charge is 0.354 e. The van der Waals surface area contributed by atoms with E-state index in [2.05, 4.69) is 14.9 Å². The Morgan fingerprint density at radius 1 is 1.47 bits per heavy atom. The molecule has 0 spiro atoms. The molecule has 0 radical (unpaired) electrons. The Labute approximate surface area is 104 Å². The molecule has 0 saturated carbocycles. The molecule has 0 aliphatic heterocycles. The van der Waals surface area contributed by atoms with Gasteiger partial charge in [-0.25, -0.2) is 9.59 Å². The van der Waals surface area contributed by atoms with Gasteiger partial charge in [0.05, 0.1) is 6.61 Å². The van der Waals surface area contributed by atoms with Crippen LogP contribution in [0.5, 0.6) is 0 Å². The molecule has 0 fully saturated rings. The second-order valence-electron chi connectivity index (χ2n) is 2.92. The summed E-state index contributed by atoms with van der Waals surface area (Å²) in [6.45, 7) is 0.124. The molecule has 0 saturated heterocycles. The molecular formula is C8H17N2O5PS. The van der Waals surface area contributed by atoms with E-state index in [1.807, 2.05) is 0 Å². The van der Waals surface area contributed by atoms with Crippen molar-refractivity contribution in [2.24, 2.45) is 0 Å². The minimum atomic E-state index is -3.24. The number of hydrogen-bond acceptors (Lipinski definition) is 6. The zero-order valence-corrected chi connectivity index (χ0v) is 11.9. The van der Waals surface area contributed by atoms with Gasteiger partial charge in [-0.1, -0.05) is 11.4 Å². The Balaban J connectivity index is 4.27. The highest BCUT2D eigenvalue weighted by Crippen LogP contribution is 2.53. The summed E-state index contributed by atoms with van der Waals surface area (Å²) in [7, 11) is 1.23. The number of carbonyl (C=O) groups is 2. The number of rotatable bonds is 6. The summed E-state index contributed by atoms with van der Waals surface area (Å²) >= 11 is 0.892. The van der Waals surface area contributed by atoms with Gasteiger partial charge in [0, 0.05) is 7.11 Å². The van der Waals surface area contributed by atoms with Crippen LogP contribution in [0.25, 0.3) is 0 Å². The molecule has 2 N–H and O–H groups in total. The van der Waals surface area contributed by atoms with Crippen molar-refractivity contribution in [2.75, 3.05) is 20.0 Å². The van der Waals surface area contributed by atoms with Crippen molar-refractivity contribution >= 4 is 30.1 Å². The molecule has 0 aliphatic rings. The van der Waals surface area contributed by atoms with Gasteiger partial charge in [-0.2, -0.15) is 0 Å². The van der Waals surface area contributed by atoms with Crippen LogP contribution in [0.2, 0.25) is 0 Å². The van der Waals surface area contributed by atoms with E-state index in [-0.39, 0.29) is 6.61 Å². The minimum Gasteiger partial charge on any atom is -0.464 e. The molecule has 9 heteroatoms. The average Bonchev–Trinajstić information content (AvgIpc) is 2.28. The number of nitrogens with one attached hydrogen (secondary N) is 2. The van der Waals surface area contributed by atoms with Crippen molar-refractivity contribution in [3.63, 3.8) is 0 Å². The number of urea groups is 1. The first kappa shape index (κ1) is 16.3. The topological polar surface area (TPSA) is 93.7 Å². The zero-order valence-electron chi connectivity index (χ0n) is 10.2. The average molecular weight is 284 g/mol. The van der Waals surface area contributed by atoms with Crippen LogP contribution in [0.1, 0.15) is 13.8 Å². The first-order chi connectivity index (χ1) is 7.88. The van der Waals surface area contributed by atoms with Gasteiger partial charge in [0.15, 0.2) is 0 Å². The van der Waals surface area contributed by atoms with Gasteiger partial charge in [-0.3, -0.25) is 9.65 Å². The molecule has 0 bridgehead atoms. The van der Waals surface area contributed by atoms with Crippen molar-refractivity contribution in [1.29, 1.82) is 0 Å². The summed E-state index contributed by atoms with van der Waals surface area (Å²) < 4.78 is 21.1. The molecule has 0 heterocycles. The van der Waals surface area contributed by atoms with Gasteiger partial charge < -0.3 is 14.6 Å². The Morgan fingerprint density at radius 2 is 2.06 bits per heavy atom. The molecule has 100 valence electrons. The maximum atomic E-state index is 11.7. The van der Waals surface area contributed by atoms with Crippen LogP contribution in [0, 0.1) is 0 Å². The van der Waals surface area contributed by atoms with Crippen LogP contribution in [0.4, 0.5) is 4.79 Å². The summed E-state index contributed by atoms with van der Waals surface area (Å²) in [6.07, 6.45) is 1.54. The quantitative estimate of drug-likeness (QED) is 0.565. The van der Waals surface area contributed by atoms with Crippen LogP contribution in [0.15, 0.2) is 0 Å². The van der Waals surface area contributed by atoms with Gasteiger partial charge in [0.1, 0.15) is 6.04 Å². The van der Waals surface area contributed by atoms with Gasteiger partial charge in [0.2, 0.25) is 0 Å². The van der Waals surface area contributed by atoms with Crippen molar-refractivity contribution < 1.29 is 23.4 Å². The fourth-order valence-corrected chi connectivity index (χ4v) is 2.46. The monoisotopic (exact) mass is 284 g/mol. The fraction of sp³-hybridized carbons (Fsp3) is 0.750. The van der Waals surface area contributed by atoms with Gasteiger partial charge in [-0.15, -0.1) is 0 Å². The molecule has 0 aliphatic carbocycles. The van der Waals surface area contributed by atoms with E-state index in [1.165, 1.54) is 14.0 Å². The van der Waals surface area contributed by atoms with E-state index < -0.39 is 24.8 Å². The van der Waals surface area contributed by atoms with Crippen LogP contribution >= 0.6 is 18.1 Å². The van der Waals surface area contributed by atoms with Crippen molar-refractivity contribution in [3.05, 3.63) is 0 Å². The molecule has 0 rings (SSSR count). The third kappa shape index (κ3) is 5.95. The third-order valence-corrected chi connectivity index (χ3v) is 5.31. The van der Waals surface area contributed by atoms with Gasteiger partial charge >= 0.3 is 18.7 Å². The Kier molecular flexibility index (Phi) is 7.26. The summed E-state index contributed by atoms with van der Waals surface area (Å²) in [5.74, 6) is -0.556. The Bertz CT molecular complexity index is 317. The van der Waals surface area contributed by atoms with Crippen LogP contribution in [-0.4, -0.2) is 38.0 Å².